The van der Waals surface area contributed by atoms with Crippen molar-refractivity contribution < 1.29 is 9.59 Å². The van der Waals surface area contributed by atoms with E-state index in [-0.39, 0.29) is 11.6 Å². The van der Waals surface area contributed by atoms with Gasteiger partial charge in [-0.05, 0) is 48.4 Å². The third-order valence-electron chi connectivity index (χ3n) is 4.71. The molecule has 32 heavy (non-hydrogen) atoms. The largest absolute Gasteiger partial charge is 0.378 e. The molecule has 0 aliphatic carbocycles. The number of carbonyl (C=O) groups excluding carboxylic acids is 2. The van der Waals surface area contributed by atoms with Gasteiger partial charge in [0.2, 0.25) is 0 Å². The number of aryl methyl sites for hydroxylation is 1. The molecule has 3 rings (SSSR count). The van der Waals surface area contributed by atoms with Gasteiger partial charge in [-0.2, -0.15) is 5.10 Å². The standard InChI is InChI=1S/C26H26N4O2/c1-19-9-11-21(12-10-19)18-27-29-26(32)24(28-25(31)22-7-5-4-6-8-22)17-20-13-15-23(16-14-20)30(2)3/h4-18H,1-3H3,(H,28,31)(H,29,32). The molecule has 0 atom stereocenters. The minimum absolute atomic E-state index is 0.0949. The van der Waals surface area contributed by atoms with Crippen molar-refractivity contribution in [3.8, 4) is 0 Å². The monoisotopic (exact) mass is 426 g/mol. The SMILES string of the molecule is Cc1ccc(C=NNC(=O)C(=Cc2ccc(N(C)C)cc2)NC(=O)c2ccccc2)cc1. The molecule has 0 radical (unpaired) electrons. The van der Waals surface area contributed by atoms with E-state index in [1.807, 2.05) is 80.5 Å². The highest BCUT2D eigenvalue weighted by atomic mass is 16.2. The number of benzene rings is 3. The van der Waals surface area contributed by atoms with Crippen LogP contribution in [0, 0.1) is 6.92 Å². The summed E-state index contributed by atoms with van der Waals surface area (Å²) < 4.78 is 0. The highest BCUT2D eigenvalue weighted by molar-refractivity contribution is 6.05. The van der Waals surface area contributed by atoms with Crippen LogP contribution in [0.25, 0.3) is 6.08 Å². The zero-order valence-corrected chi connectivity index (χ0v) is 18.4. The number of hydrogen-bond donors (Lipinski definition) is 2. The average molecular weight is 427 g/mol. The summed E-state index contributed by atoms with van der Waals surface area (Å²) >= 11 is 0. The molecule has 3 aromatic rings. The third-order valence-corrected chi connectivity index (χ3v) is 4.71. The number of rotatable bonds is 7. The molecular formula is C26H26N4O2. The second-order valence-electron chi connectivity index (χ2n) is 7.47. The lowest BCUT2D eigenvalue weighted by Gasteiger charge is -2.12. The molecule has 0 aliphatic heterocycles. The molecule has 0 bridgehead atoms. The van der Waals surface area contributed by atoms with Crippen LogP contribution < -0.4 is 15.6 Å². The van der Waals surface area contributed by atoms with Crippen molar-refractivity contribution in [2.75, 3.05) is 19.0 Å². The smallest absolute Gasteiger partial charge is 0.287 e. The molecule has 0 spiro atoms. The fourth-order valence-electron chi connectivity index (χ4n) is 2.86. The first-order chi connectivity index (χ1) is 15.4. The number of hydrogen-bond acceptors (Lipinski definition) is 4. The van der Waals surface area contributed by atoms with Crippen molar-refractivity contribution in [1.82, 2.24) is 10.7 Å². The van der Waals surface area contributed by atoms with Gasteiger partial charge in [0.15, 0.2) is 0 Å². The Kier molecular flexibility index (Phi) is 7.54. The van der Waals surface area contributed by atoms with E-state index in [4.69, 9.17) is 0 Å². The highest BCUT2D eigenvalue weighted by Gasteiger charge is 2.14. The second-order valence-corrected chi connectivity index (χ2v) is 7.47. The summed E-state index contributed by atoms with van der Waals surface area (Å²) in [6.07, 6.45) is 3.18. The summed E-state index contributed by atoms with van der Waals surface area (Å²) in [6, 6.07) is 24.1. The predicted molar refractivity (Wildman–Crippen MR) is 130 cm³/mol. The van der Waals surface area contributed by atoms with E-state index < -0.39 is 5.91 Å². The van der Waals surface area contributed by atoms with Crippen molar-refractivity contribution in [3.63, 3.8) is 0 Å². The van der Waals surface area contributed by atoms with E-state index in [0.717, 1.165) is 22.4 Å². The van der Waals surface area contributed by atoms with E-state index in [9.17, 15) is 9.59 Å². The van der Waals surface area contributed by atoms with Crippen LogP contribution in [0.4, 0.5) is 5.69 Å². The quantitative estimate of drug-likeness (QED) is 0.341. The Morgan fingerprint density at radius 3 is 2.09 bits per heavy atom. The van der Waals surface area contributed by atoms with Crippen LogP contribution in [0.5, 0.6) is 0 Å². The van der Waals surface area contributed by atoms with Crippen LogP contribution in [-0.2, 0) is 4.79 Å². The molecule has 0 unspecified atom stereocenters. The first-order valence-corrected chi connectivity index (χ1v) is 10.2. The molecule has 0 saturated heterocycles. The fraction of sp³-hybridized carbons (Fsp3) is 0.115. The molecule has 6 heteroatoms. The maximum Gasteiger partial charge on any atom is 0.287 e. The summed E-state index contributed by atoms with van der Waals surface area (Å²) in [6.45, 7) is 2.00. The van der Waals surface area contributed by atoms with Crippen molar-refractivity contribution in [3.05, 3.63) is 107 Å². The molecule has 0 fully saturated rings. The van der Waals surface area contributed by atoms with Crippen molar-refractivity contribution in [2.45, 2.75) is 6.92 Å². The minimum atomic E-state index is -0.519. The van der Waals surface area contributed by atoms with E-state index in [1.165, 1.54) is 0 Å². The van der Waals surface area contributed by atoms with Gasteiger partial charge < -0.3 is 10.2 Å². The van der Waals surface area contributed by atoms with Crippen LogP contribution >= 0.6 is 0 Å². The maximum absolute atomic E-state index is 12.8. The summed E-state index contributed by atoms with van der Waals surface area (Å²) in [7, 11) is 3.91. The van der Waals surface area contributed by atoms with E-state index in [0.29, 0.717) is 5.56 Å². The number of nitrogens with one attached hydrogen (secondary N) is 2. The van der Waals surface area contributed by atoms with Crippen LogP contribution in [0.3, 0.4) is 0 Å². The molecule has 2 amide bonds. The van der Waals surface area contributed by atoms with Crippen LogP contribution in [0.15, 0.2) is 89.7 Å². The van der Waals surface area contributed by atoms with Gasteiger partial charge in [0.05, 0.1) is 6.21 Å². The lowest BCUT2D eigenvalue weighted by atomic mass is 10.1. The molecule has 0 aliphatic rings. The Balaban J connectivity index is 1.80. The Morgan fingerprint density at radius 2 is 1.47 bits per heavy atom. The zero-order valence-electron chi connectivity index (χ0n) is 18.4. The van der Waals surface area contributed by atoms with Gasteiger partial charge >= 0.3 is 0 Å². The number of hydrazone groups is 1. The third kappa shape index (κ3) is 6.40. The summed E-state index contributed by atoms with van der Waals surface area (Å²) in [5, 5.41) is 6.73. The molecule has 0 saturated carbocycles. The van der Waals surface area contributed by atoms with Gasteiger partial charge in [-0.15, -0.1) is 0 Å². The van der Waals surface area contributed by atoms with Crippen molar-refractivity contribution in [1.29, 1.82) is 0 Å². The number of amides is 2. The molecule has 6 nitrogen and oxygen atoms in total. The van der Waals surface area contributed by atoms with E-state index >= 15 is 0 Å². The van der Waals surface area contributed by atoms with E-state index in [1.54, 1.807) is 36.6 Å². The summed E-state index contributed by atoms with van der Waals surface area (Å²) in [4.78, 5) is 27.4. The molecule has 0 aromatic heterocycles. The minimum Gasteiger partial charge on any atom is -0.378 e. The van der Waals surface area contributed by atoms with Crippen molar-refractivity contribution >= 4 is 29.8 Å². The van der Waals surface area contributed by atoms with Gasteiger partial charge in [0, 0.05) is 25.3 Å². The summed E-state index contributed by atoms with van der Waals surface area (Å²) in [5.41, 5.74) is 6.84. The van der Waals surface area contributed by atoms with Crippen molar-refractivity contribution in [2.24, 2.45) is 5.10 Å². The van der Waals surface area contributed by atoms with Gasteiger partial charge in [-0.3, -0.25) is 9.59 Å². The molecule has 162 valence electrons. The number of carbonyl (C=O) groups is 2. The Hall–Kier alpha value is -4.19. The van der Waals surface area contributed by atoms with Gasteiger partial charge in [0.25, 0.3) is 11.8 Å². The average Bonchev–Trinajstić information content (AvgIpc) is 2.80. The normalized spacial score (nSPS) is 11.3. The number of anilines is 1. The first kappa shape index (κ1) is 22.5. The highest BCUT2D eigenvalue weighted by Crippen LogP contribution is 2.14. The predicted octanol–water partition coefficient (Wildman–Crippen LogP) is 3.98. The van der Waals surface area contributed by atoms with Crippen LogP contribution in [0.2, 0.25) is 0 Å². The van der Waals surface area contributed by atoms with Gasteiger partial charge in [-0.1, -0.05) is 60.2 Å². The lowest BCUT2D eigenvalue weighted by Crippen LogP contribution is -2.32. The second kappa shape index (κ2) is 10.7. The lowest BCUT2D eigenvalue weighted by molar-refractivity contribution is -0.117. The van der Waals surface area contributed by atoms with Gasteiger partial charge in [-0.25, -0.2) is 5.43 Å². The van der Waals surface area contributed by atoms with Crippen LogP contribution in [0.1, 0.15) is 27.0 Å². The Bertz CT molecular complexity index is 1120. The summed E-state index contributed by atoms with van der Waals surface area (Å²) in [5.74, 6) is -0.895. The molecule has 2 N–H and O–H groups in total. The maximum atomic E-state index is 12.8. The Labute approximate surface area is 188 Å². The molecular weight excluding hydrogens is 400 g/mol. The molecule has 0 heterocycles. The topological polar surface area (TPSA) is 73.8 Å². The first-order valence-electron chi connectivity index (χ1n) is 10.2. The fourth-order valence-corrected chi connectivity index (χ4v) is 2.86. The van der Waals surface area contributed by atoms with E-state index in [2.05, 4.69) is 15.8 Å². The van der Waals surface area contributed by atoms with Gasteiger partial charge in [0.1, 0.15) is 5.70 Å². The Morgan fingerprint density at radius 1 is 0.844 bits per heavy atom. The molecule has 3 aromatic carbocycles. The zero-order chi connectivity index (χ0) is 22.9. The number of nitrogens with zero attached hydrogens (tertiary/aromatic N) is 2. The van der Waals surface area contributed by atoms with Crippen LogP contribution in [-0.4, -0.2) is 32.1 Å².